The first-order valence-electron chi connectivity index (χ1n) is 6.25. The van der Waals surface area contributed by atoms with E-state index in [1.807, 2.05) is 19.9 Å². The van der Waals surface area contributed by atoms with Crippen LogP contribution < -0.4 is 9.47 Å². The van der Waals surface area contributed by atoms with Crippen molar-refractivity contribution in [2.75, 3.05) is 13.2 Å². The maximum atomic E-state index is 11.4. The molecule has 2 rings (SSSR count). The molecule has 1 aliphatic heterocycles. The summed E-state index contributed by atoms with van der Waals surface area (Å²) < 4.78 is 10.9. The molecule has 0 aromatic heterocycles. The van der Waals surface area contributed by atoms with Gasteiger partial charge in [-0.05, 0) is 23.6 Å². The number of aliphatic carboxylic acids is 1. The highest BCUT2D eigenvalue weighted by Crippen LogP contribution is 2.36. The van der Waals surface area contributed by atoms with Crippen molar-refractivity contribution in [1.29, 1.82) is 0 Å². The Labute approximate surface area is 107 Å². The smallest absolute Gasteiger partial charge is 0.311 e. The third-order valence-electron chi connectivity index (χ3n) is 3.40. The number of ether oxygens (including phenoxy) is 2. The summed E-state index contributed by atoms with van der Waals surface area (Å²) in [6.45, 7) is 5.01. The minimum atomic E-state index is -0.791. The fraction of sp³-hybridized carbons (Fsp3) is 0.500. The number of carbonyl (C=O) groups is 1. The van der Waals surface area contributed by atoms with Gasteiger partial charge in [-0.2, -0.15) is 0 Å². The van der Waals surface area contributed by atoms with Gasteiger partial charge in [0.05, 0.1) is 5.92 Å². The number of fused-ring (bicyclic) bond motifs is 1. The van der Waals surface area contributed by atoms with Crippen molar-refractivity contribution in [1.82, 2.24) is 0 Å². The molecule has 0 fully saturated rings. The molecular formula is C14H18O4. The Morgan fingerprint density at radius 2 is 2.00 bits per heavy atom. The van der Waals surface area contributed by atoms with E-state index in [1.165, 1.54) is 0 Å². The monoisotopic (exact) mass is 250 g/mol. The molecule has 0 spiro atoms. The normalized spacial score (nSPS) is 17.0. The molecule has 2 unspecified atom stereocenters. The van der Waals surface area contributed by atoms with E-state index in [0.29, 0.717) is 24.7 Å². The molecule has 98 valence electrons. The summed E-state index contributed by atoms with van der Waals surface area (Å²) in [7, 11) is 0. The number of benzene rings is 1. The molecule has 2 atom stereocenters. The van der Waals surface area contributed by atoms with Crippen LogP contribution in [-0.2, 0) is 4.79 Å². The average Bonchev–Trinajstić information content (AvgIpc) is 2.38. The summed E-state index contributed by atoms with van der Waals surface area (Å²) in [6.07, 6.45) is 0.825. The molecule has 0 bridgehead atoms. The van der Waals surface area contributed by atoms with Crippen LogP contribution in [-0.4, -0.2) is 24.3 Å². The van der Waals surface area contributed by atoms with E-state index >= 15 is 0 Å². The Morgan fingerprint density at radius 1 is 1.33 bits per heavy atom. The lowest BCUT2D eigenvalue weighted by Crippen LogP contribution is -2.20. The zero-order valence-electron chi connectivity index (χ0n) is 10.7. The van der Waals surface area contributed by atoms with Gasteiger partial charge in [0.25, 0.3) is 0 Å². The van der Waals surface area contributed by atoms with Crippen molar-refractivity contribution in [3.05, 3.63) is 23.8 Å². The Morgan fingerprint density at radius 3 is 2.61 bits per heavy atom. The van der Waals surface area contributed by atoms with Crippen molar-refractivity contribution >= 4 is 5.97 Å². The van der Waals surface area contributed by atoms with E-state index in [1.54, 1.807) is 12.1 Å². The van der Waals surface area contributed by atoms with Crippen molar-refractivity contribution in [3.8, 4) is 11.5 Å². The number of carboxylic acids is 1. The molecule has 1 heterocycles. The minimum Gasteiger partial charge on any atom is -0.486 e. The third kappa shape index (κ3) is 2.42. The fourth-order valence-electron chi connectivity index (χ4n) is 2.20. The highest BCUT2D eigenvalue weighted by Gasteiger charge is 2.27. The number of hydrogen-bond donors (Lipinski definition) is 1. The molecule has 1 aromatic rings. The van der Waals surface area contributed by atoms with Crippen molar-refractivity contribution in [2.45, 2.75) is 26.2 Å². The fourth-order valence-corrected chi connectivity index (χ4v) is 2.20. The molecule has 1 aromatic carbocycles. The lowest BCUT2D eigenvalue weighted by molar-refractivity contribution is -0.140. The number of hydrogen-bond acceptors (Lipinski definition) is 3. The van der Waals surface area contributed by atoms with Gasteiger partial charge in [0.2, 0.25) is 0 Å². The van der Waals surface area contributed by atoms with E-state index in [-0.39, 0.29) is 5.92 Å². The zero-order valence-corrected chi connectivity index (χ0v) is 10.7. The van der Waals surface area contributed by atoms with Crippen molar-refractivity contribution in [3.63, 3.8) is 0 Å². The molecule has 1 N–H and O–H groups in total. The van der Waals surface area contributed by atoms with Crippen LogP contribution in [0.15, 0.2) is 18.2 Å². The van der Waals surface area contributed by atoms with Crippen molar-refractivity contribution < 1.29 is 19.4 Å². The third-order valence-corrected chi connectivity index (χ3v) is 3.40. The average molecular weight is 250 g/mol. The molecule has 0 saturated carbocycles. The first kappa shape index (κ1) is 12.7. The highest BCUT2D eigenvalue weighted by atomic mass is 16.6. The van der Waals surface area contributed by atoms with E-state index in [9.17, 15) is 9.90 Å². The summed E-state index contributed by atoms with van der Waals surface area (Å²) in [6, 6.07) is 5.40. The van der Waals surface area contributed by atoms with Gasteiger partial charge in [-0.1, -0.05) is 26.3 Å². The van der Waals surface area contributed by atoms with E-state index in [4.69, 9.17) is 9.47 Å². The van der Waals surface area contributed by atoms with Crippen molar-refractivity contribution in [2.24, 2.45) is 5.92 Å². The molecule has 4 heteroatoms. The van der Waals surface area contributed by atoms with E-state index in [2.05, 4.69) is 0 Å². The quantitative estimate of drug-likeness (QED) is 0.892. The Hall–Kier alpha value is -1.71. The Bertz CT molecular complexity index is 441. The maximum Gasteiger partial charge on any atom is 0.311 e. The molecule has 4 nitrogen and oxygen atoms in total. The summed E-state index contributed by atoms with van der Waals surface area (Å²) >= 11 is 0. The Balaban J connectivity index is 2.33. The van der Waals surface area contributed by atoms with E-state index in [0.717, 1.165) is 12.0 Å². The lowest BCUT2D eigenvalue weighted by atomic mass is 9.85. The van der Waals surface area contributed by atoms with Crippen LogP contribution in [0.3, 0.4) is 0 Å². The molecule has 0 saturated heterocycles. The molecule has 18 heavy (non-hydrogen) atoms. The largest absolute Gasteiger partial charge is 0.486 e. The molecule has 1 aliphatic rings. The maximum absolute atomic E-state index is 11.4. The summed E-state index contributed by atoms with van der Waals surface area (Å²) in [4.78, 5) is 11.4. The molecule has 0 amide bonds. The topological polar surface area (TPSA) is 55.8 Å². The number of rotatable bonds is 4. The standard InChI is InChI=1S/C14H18O4/c1-3-9(2)13(14(15)16)10-4-5-11-12(8-10)18-7-6-17-11/h4-5,8-9,13H,3,6-7H2,1-2H3,(H,15,16). The highest BCUT2D eigenvalue weighted by molar-refractivity contribution is 5.77. The first-order valence-corrected chi connectivity index (χ1v) is 6.25. The van der Waals surface area contributed by atoms with Gasteiger partial charge < -0.3 is 14.6 Å². The summed E-state index contributed by atoms with van der Waals surface area (Å²) in [5, 5.41) is 9.36. The van der Waals surface area contributed by atoms with Crippen LogP contribution >= 0.6 is 0 Å². The van der Waals surface area contributed by atoms with Gasteiger partial charge in [0.15, 0.2) is 11.5 Å². The van der Waals surface area contributed by atoms with Gasteiger partial charge in [0.1, 0.15) is 13.2 Å². The van der Waals surface area contributed by atoms with Gasteiger partial charge in [-0.3, -0.25) is 4.79 Å². The predicted molar refractivity (Wildman–Crippen MR) is 67.3 cm³/mol. The SMILES string of the molecule is CCC(C)C(C(=O)O)c1ccc2c(c1)OCCO2. The predicted octanol–water partition coefficient (Wildman–Crippen LogP) is 2.67. The summed E-state index contributed by atoms with van der Waals surface area (Å²) in [5.74, 6) is 0.142. The first-order chi connectivity index (χ1) is 8.63. The van der Waals surface area contributed by atoms with Crippen LogP contribution in [0.4, 0.5) is 0 Å². The number of carboxylic acid groups (broad SMARTS) is 1. The lowest BCUT2D eigenvalue weighted by Gasteiger charge is -2.23. The second kappa shape index (κ2) is 5.29. The van der Waals surface area contributed by atoms with Gasteiger partial charge in [0, 0.05) is 0 Å². The molecule has 0 radical (unpaired) electrons. The van der Waals surface area contributed by atoms with Crippen LogP contribution in [0.5, 0.6) is 11.5 Å². The zero-order chi connectivity index (χ0) is 13.1. The Kier molecular flexibility index (Phi) is 3.75. The van der Waals surface area contributed by atoms with Crippen LogP contribution in [0.1, 0.15) is 31.7 Å². The van der Waals surface area contributed by atoms with E-state index < -0.39 is 11.9 Å². The van der Waals surface area contributed by atoms with Gasteiger partial charge in [-0.15, -0.1) is 0 Å². The molecular weight excluding hydrogens is 232 g/mol. The van der Waals surface area contributed by atoms with Crippen LogP contribution in [0.25, 0.3) is 0 Å². The second-order valence-corrected chi connectivity index (χ2v) is 4.60. The second-order valence-electron chi connectivity index (χ2n) is 4.60. The minimum absolute atomic E-state index is 0.0880. The van der Waals surface area contributed by atoms with Crippen LogP contribution in [0, 0.1) is 5.92 Å². The van der Waals surface area contributed by atoms with Gasteiger partial charge >= 0.3 is 5.97 Å². The van der Waals surface area contributed by atoms with Crippen LogP contribution in [0.2, 0.25) is 0 Å². The summed E-state index contributed by atoms with van der Waals surface area (Å²) in [5.41, 5.74) is 0.779. The molecule has 0 aliphatic carbocycles. The van der Waals surface area contributed by atoms with Gasteiger partial charge in [-0.25, -0.2) is 0 Å².